The lowest BCUT2D eigenvalue weighted by Crippen LogP contribution is -2.53. The Morgan fingerprint density at radius 2 is 2.00 bits per heavy atom. The third-order valence-electron chi connectivity index (χ3n) is 4.71. The summed E-state index contributed by atoms with van der Waals surface area (Å²) in [5, 5.41) is 9.36. The smallest absolute Gasteiger partial charge is 0.308 e. The van der Waals surface area contributed by atoms with Crippen LogP contribution in [0.1, 0.15) is 53.4 Å². The van der Waals surface area contributed by atoms with E-state index in [-0.39, 0.29) is 17.5 Å². The Kier molecular flexibility index (Phi) is 4.59. The van der Waals surface area contributed by atoms with Crippen molar-refractivity contribution < 1.29 is 9.90 Å². The van der Waals surface area contributed by atoms with Gasteiger partial charge in [0.05, 0.1) is 5.92 Å². The molecule has 3 unspecified atom stereocenters. The second-order valence-corrected chi connectivity index (χ2v) is 6.21. The molecule has 1 aliphatic rings. The maximum absolute atomic E-state index is 11.4. The number of carboxylic acid groups (broad SMARTS) is 1. The third kappa shape index (κ3) is 3.21. The van der Waals surface area contributed by atoms with Crippen molar-refractivity contribution in [1.82, 2.24) is 4.90 Å². The molecule has 3 heteroatoms. The summed E-state index contributed by atoms with van der Waals surface area (Å²) in [6, 6.07) is 0.186. The van der Waals surface area contributed by atoms with Crippen LogP contribution in [-0.2, 0) is 4.79 Å². The van der Waals surface area contributed by atoms with Crippen LogP contribution in [0.4, 0.5) is 0 Å². The van der Waals surface area contributed by atoms with Crippen LogP contribution < -0.4 is 0 Å². The lowest BCUT2D eigenvalue weighted by atomic mass is 9.77. The lowest BCUT2D eigenvalue weighted by molar-refractivity contribution is -0.147. The van der Waals surface area contributed by atoms with Crippen LogP contribution in [0.3, 0.4) is 0 Å². The van der Waals surface area contributed by atoms with Gasteiger partial charge in [0.15, 0.2) is 0 Å². The van der Waals surface area contributed by atoms with Crippen molar-refractivity contribution in [2.75, 3.05) is 7.05 Å². The van der Waals surface area contributed by atoms with E-state index in [1.807, 2.05) is 0 Å². The Morgan fingerprint density at radius 3 is 2.47 bits per heavy atom. The maximum atomic E-state index is 11.4. The Hall–Kier alpha value is -0.570. The van der Waals surface area contributed by atoms with E-state index in [0.717, 1.165) is 25.7 Å². The molecule has 0 spiro atoms. The molecule has 100 valence electrons. The van der Waals surface area contributed by atoms with Gasteiger partial charge < -0.3 is 5.11 Å². The zero-order chi connectivity index (χ0) is 13.2. The van der Waals surface area contributed by atoms with Crippen molar-refractivity contribution in [3.63, 3.8) is 0 Å². The van der Waals surface area contributed by atoms with Crippen LogP contribution in [0.5, 0.6) is 0 Å². The number of carboxylic acids is 1. The molecule has 1 saturated carbocycles. The third-order valence-corrected chi connectivity index (χ3v) is 4.71. The van der Waals surface area contributed by atoms with E-state index in [4.69, 9.17) is 0 Å². The maximum Gasteiger partial charge on any atom is 0.308 e. The van der Waals surface area contributed by atoms with Crippen LogP contribution in [0.25, 0.3) is 0 Å². The number of carbonyl (C=O) groups is 1. The van der Waals surface area contributed by atoms with Crippen LogP contribution in [-0.4, -0.2) is 34.6 Å². The molecule has 1 rings (SSSR count). The minimum Gasteiger partial charge on any atom is -0.481 e. The number of hydrogen-bond donors (Lipinski definition) is 1. The minimum atomic E-state index is -0.624. The molecule has 1 N–H and O–H groups in total. The molecule has 3 nitrogen and oxygen atoms in total. The van der Waals surface area contributed by atoms with E-state index in [0.29, 0.717) is 5.92 Å². The van der Waals surface area contributed by atoms with Crippen molar-refractivity contribution in [3.8, 4) is 0 Å². The van der Waals surface area contributed by atoms with Crippen molar-refractivity contribution in [1.29, 1.82) is 0 Å². The molecule has 0 radical (unpaired) electrons. The van der Waals surface area contributed by atoms with Gasteiger partial charge in [0.2, 0.25) is 0 Å². The van der Waals surface area contributed by atoms with Gasteiger partial charge in [-0.05, 0) is 52.5 Å². The van der Waals surface area contributed by atoms with Gasteiger partial charge in [0.25, 0.3) is 0 Å². The molecule has 0 aromatic carbocycles. The molecule has 1 aliphatic carbocycles. The summed E-state index contributed by atoms with van der Waals surface area (Å²) in [5.74, 6) is -0.173. The first-order chi connectivity index (χ1) is 7.79. The highest BCUT2D eigenvalue weighted by molar-refractivity contribution is 5.71. The van der Waals surface area contributed by atoms with E-state index in [2.05, 4.69) is 39.6 Å². The topological polar surface area (TPSA) is 40.5 Å². The summed E-state index contributed by atoms with van der Waals surface area (Å²) >= 11 is 0. The van der Waals surface area contributed by atoms with Gasteiger partial charge >= 0.3 is 5.97 Å². The first-order valence-electron chi connectivity index (χ1n) is 6.75. The summed E-state index contributed by atoms with van der Waals surface area (Å²) in [5.41, 5.74) is 0.0788. The lowest BCUT2D eigenvalue weighted by Gasteiger charge is -2.46. The molecule has 0 amide bonds. The largest absolute Gasteiger partial charge is 0.481 e. The highest BCUT2D eigenvalue weighted by Crippen LogP contribution is 2.35. The molecule has 1 fully saturated rings. The number of nitrogens with zero attached hydrogens (tertiary/aromatic N) is 1. The van der Waals surface area contributed by atoms with Crippen molar-refractivity contribution in [2.45, 2.75) is 65.0 Å². The molecule has 0 saturated heterocycles. The van der Waals surface area contributed by atoms with Gasteiger partial charge in [-0.2, -0.15) is 0 Å². The zero-order valence-electron chi connectivity index (χ0n) is 11.9. The van der Waals surface area contributed by atoms with E-state index in [9.17, 15) is 9.90 Å². The Morgan fingerprint density at radius 1 is 1.41 bits per heavy atom. The summed E-state index contributed by atoms with van der Waals surface area (Å²) in [6.07, 6.45) is 3.93. The molecule has 0 aliphatic heterocycles. The molecule has 0 aromatic rings. The molecule has 3 atom stereocenters. The van der Waals surface area contributed by atoms with Crippen LogP contribution in [0, 0.1) is 11.8 Å². The summed E-state index contributed by atoms with van der Waals surface area (Å²) in [6.45, 7) is 8.80. The standard InChI is InChI=1S/C14H27NO2/c1-6-14(3,4)15(5)12-9-10(2)7-8-11(12)13(16)17/h10-12H,6-9H2,1-5H3,(H,16,17). The van der Waals surface area contributed by atoms with E-state index >= 15 is 0 Å². The average Bonchev–Trinajstić information content (AvgIpc) is 2.27. The monoisotopic (exact) mass is 241 g/mol. The van der Waals surface area contributed by atoms with Crippen molar-refractivity contribution in [3.05, 3.63) is 0 Å². The quantitative estimate of drug-likeness (QED) is 0.822. The number of aliphatic carboxylic acids is 1. The van der Waals surface area contributed by atoms with Crippen LogP contribution in [0.15, 0.2) is 0 Å². The number of hydrogen-bond acceptors (Lipinski definition) is 2. The molecular weight excluding hydrogens is 214 g/mol. The van der Waals surface area contributed by atoms with E-state index in [1.165, 1.54) is 0 Å². The fourth-order valence-electron chi connectivity index (χ4n) is 2.77. The Bertz CT molecular complexity index is 275. The zero-order valence-corrected chi connectivity index (χ0v) is 11.9. The predicted molar refractivity (Wildman–Crippen MR) is 70.1 cm³/mol. The number of rotatable bonds is 4. The van der Waals surface area contributed by atoms with Crippen LogP contribution in [0.2, 0.25) is 0 Å². The highest BCUT2D eigenvalue weighted by Gasteiger charge is 2.39. The first-order valence-corrected chi connectivity index (χ1v) is 6.75. The van der Waals surface area contributed by atoms with Gasteiger partial charge in [-0.15, -0.1) is 0 Å². The van der Waals surface area contributed by atoms with Gasteiger partial charge in [0.1, 0.15) is 0 Å². The molecule has 0 aromatic heterocycles. The second-order valence-electron chi connectivity index (χ2n) is 6.21. The molecular formula is C14H27NO2. The Labute approximate surface area is 105 Å². The summed E-state index contributed by atoms with van der Waals surface area (Å²) < 4.78 is 0. The normalized spacial score (nSPS) is 30.6. The van der Waals surface area contributed by atoms with Gasteiger partial charge in [-0.1, -0.05) is 13.8 Å². The van der Waals surface area contributed by atoms with E-state index in [1.54, 1.807) is 0 Å². The fraction of sp³-hybridized carbons (Fsp3) is 0.929. The summed E-state index contributed by atoms with van der Waals surface area (Å²) in [7, 11) is 2.09. The first kappa shape index (κ1) is 14.5. The van der Waals surface area contributed by atoms with Gasteiger partial charge in [-0.25, -0.2) is 0 Å². The molecule has 0 heterocycles. The molecule has 17 heavy (non-hydrogen) atoms. The van der Waals surface area contributed by atoms with Crippen molar-refractivity contribution >= 4 is 5.97 Å². The minimum absolute atomic E-state index is 0.0788. The average molecular weight is 241 g/mol. The predicted octanol–water partition coefficient (Wildman–Crippen LogP) is 3.00. The van der Waals surface area contributed by atoms with Gasteiger partial charge in [-0.3, -0.25) is 9.69 Å². The van der Waals surface area contributed by atoms with Crippen LogP contribution >= 0.6 is 0 Å². The highest BCUT2D eigenvalue weighted by atomic mass is 16.4. The molecule has 0 bridgehead atoms. The van der Waals surface area contributed by atoms with E-state index < -0.39 is 5.97 Å². The Balaban J connectivity index is 2.86. The fourth-order valence-corrected chi connectivity index (χ4v) is 2.77. The van der Waals surface area contributed by atoms with Crippen molar-refractivity contribution in [2.24, 2.45) is 11.8 Å². The van der Waals surface area contributed by atoms with Gasteiger partial charge in [0, 0.05) is 11.6 Å². The second kappa shape index (κ2) is 5.38. The SMILES string of the molecule is CCC(C)(C)N(C)C1CC(C)CCC1C(=O)O. The summed E-state index contributed by atoms with van der Waals surface area (Å²) in [4.78, 5) is 13.7.